The Labute approximate surface area is 123 Å². The van der Waals surface area contributed by atoms with Crippen molar-refractivity contribution >= 4 is 17.9 Å². The first kappa shape index (κ1) is 13.9. The molecular weight excluding hydrogens is 280 g/mol. The first-order chi connectivity index (χ1) is 9.71. The molecule has 4 nitrogen and oxygen atoms in total. The number of rotatable bonds is 3. The summed E-state index contributed by atoms with van der Waals surface area (Å²) < 4.78 is 17.3. The van der Waals surface area contributed by atoms with Crippen LogP contribution in [0.25, 0.3) is 0 Å². The predicted octanol–water partition coefficient (Wildman–Crippen LogP) is 2.87. The number of halogens is 1. The van der Waals surface area contributed by atoms with E-state index in [1.807, 2.05) is 0 Å². The molecule has 0 amide bonds. The predicted molar refractivity (Wildman–Crippen MR) is 74.6 cm³/mol. The first-order valence-corrected chi connectivity index (χ1v) is 7.22. The van der Waals surface area contributed by atoms with E-state index in [1.165, 1.54) is 0 Å². The number of benzene rings is 1. The highest BCUT2D eigenvalue weighted by atomic mass is 35.5. The average Bonchev–Trinajstić information content (AvgIpc) is 2.89. The van der Waals surface area contributed by atoms with Crippen molar-refractivity contribution in [2.24, 2.45) is 0 Å². The van der Waals surface area contributed by atoms with E-state index < -0.39 is 0 Å². The van der Waals surface area contributed by atoms with Gasteiger partial charge in [0.2, 0.25) is 0 Å². The maximum Gasteiger partial charge on any atom is 0.153 e. The maximum absolute atomic E-state index is 11.1. The van der Waals surface area contributed by atoms with Crippen molar-refractivity contribution in [3.8, 4) is 5.75 Å². The number of carbonyl (C=O) groups excluding carboxylic acids is 1. The molecule has 3 rings (SSSR count). The molecule has 0 bridgehead atoms. The van der Waals surface area contributed by atoms with Crippen molar-refractivity contribution in [2.75, 3.05) is 19.8 Å². The van der Waals surface area contributed by atoms with E-state index in [0.29, 0.717) is 29.5 Å². The minimum absolute atomic E-state index is 0.0466. The zero-order valence-corrected chi connectivity index (χ0v) is 11.9. The molecule has 0 saturated carbocycles. The van der Waals surface area contributed by atoms with E-state index in [9.17, 15) is 4.79 Å². The zero-order valence-electron chi connectivity index (χ0n) is 11.1. The van der Waals surface area contributed by atoms with E-state index in [4.69, 9.17) is 25.8 Å². The Morgan fingerprint density at radius 2 is 2.30 bits per heavy atom. The van der Waals surface area contributed by atoms with Crippen LogP contribution in [0.15, 0.2) is 18.2 Å². The third-order valence-electron chi connectivity index (χ3n) is 3.91. The van der Waals surface area contributed by atoms with Crippen molar-refractivity contribution in [1.29, 1.82) is 0 Å². The Balaban J connectivity index is 1.72. The summed E-state index contributed by atoms with van der Waals surface area (Å²) in [5.41, 5.74) is 0.289. The van der Waals surface area contributed by atoms with Crippen molar-refractivity contribution in [1.82, 2.24) is 0 Å². The Morgan fingerprint density at radius 1 is 1.40 bits per heavy atom. The SMILES string of the molecule is O=Cc1cc(Cl)ccc1OC1CCOC2(CCOC2)C1. The molecule has 2 fully saturated rings. The van der Waals surface area contributed by atoms with Gasteiger partial charge in [0.05, 0.1) is 24.4 Å². The molecule has 108 valence electrons. The molecule has 0 radical (unpaired) electrons. The second kappa shape index (κ2) is 5.72. The molecule has 0 aliphatic carbocycles. The lowest BCUT2D eigenvalue weighted by Gasteiger charge is -2.37. The standard InChI is InChI=1S/C15H17ClO4/c16-12-1-2-14(11(7-12)9-17)20-13-3-5-19-15(8-13)4-6-18-10-15/h1-2,7,9,13H,3-6,8,10H2. The van der Waals surface area contributed by atoms with Gasteiger partial charge in [0.15, 0.2) is 6.29 Å². The topological polar surface area (TPSA) is 44.8 Å². The lowest BCUT2D eigenvalue weighted by molar-refractivity contribution is -0.112. The van der Waals surface area contributed by atoms with Crippen LogP contribution >= 0.6 is 11.6 Å². The summed E-state index contributed by atoms with van der Waals surface area (Å²) in [5.74, 6) is 0.588. The van der Waals surface area contributed by atoms with Crippen LogP contribution in [-0.4, -0.2) is 37.8 Å². The van der Waals surface area contributed by atoms with E-state index >= 15 is 0 Å². The van der Waals surface area contributed by atoms with Crippen molar-refractivity contribution in [3.63, 3.8) is 0 Å². The molecule has 2 atom stereocenters. The molecule has 0 aromatic heterocycles. The van der Waals surface area contributed by atoms with E-state index in [1.54, 1.807) is 18.2 Å². The highest BCUT2D eigenvalue weighted by Gasteiger charge is 2.41. The number of carbonyl (C=O) groups is 1. The third kappa shape index (κ3) is 2.82. The Hall–Kier alpha value is -1.10. The van der Waals surface area contributed by atoms with Crippen LogP contribution in [0.2, 0.25) is 5.02 Å². The number of ether oxygens (including phenoxy) is 3. The van der Waals surface area contributed by atoms with E-state index in [0.717, 1.165) is 32.2 Å². The van der Waals surface area contributed by atoms with Gasteiger partial charge in [-0.3, -0.25) is 4.79 Å². The van der Waals surface area contributed by atoms with Gasteiger partial charge in [0.1, 0.15) is 11.9 Å². The molecule has 2 aliphatic heterocycles. The van der Waals surface area contributed by atoms with Gasteiger partial charge in [-0.2, -0.15) is 0 Å². The van der Waals surface area contributed by atoms with Crippen molar-refractivity contribution in [3.05, 3.63) is 28.8 Å². The fraction of sp³-hybridized carbons (Fsp3) is 0.533. The van der Waals surface area contributed by atoms with Gasteiger partial charge in [-0.1, -0.05) is 11.6 Å². The molecule has 0 N–H and O–H groups in total. The minimum atomic E-state index is -0.198. The van der Waals surface area contributed by atoms with Crippen LogP contribution in [0.1, 0.15) is 29.6 Å². The van der Waals surface area contributed by atoms with Gasteiger partial charge >= 0.3 is 0 Å². The van der Waals surface area contributed by atoms with Gasteiger partial charge in [-0.05, 0) is 18.2 Å². The monoisotopic (exact) mass is 296 g/mol. The Bertz CT molecular complexity index is 497. The lowest BCUT2D eigenvalue weighted by Crippen LogP contribution is -2.44. The number of hydrogen-bond donors (Lipinski definition) is 0. The normalized spacial score (nSPS) is 29.6. The van der Waals surface area contributed by atoms with Crippen LogP contribution in [-0.2, 0) is 9.47 Å². The minimum Gasteiger partial charge on any atom is -0.489 e. The van der Waals surface area contributed by atoms with Gasteiger partial charge in [0.25, 0.3) is 0 Å². The molecule has 2 unspecified atom stereocenters. The van der Waals surface area contributed by atoms with Gasteiger partial charge < -0.3 is 14.2 Å². The summed E-state index contributed by atoms with van der Waals surface area (Å²) in [6.45, 7) is 2.04. The largest absolute Gasteiger partial charge is 0.489 e. The molecule has 1 aromatic rings. The highest BCUT2D eigenvalue weighted by molar-refractivity contribution is 6.30. The van der Waals surface area contributed by atoms with E-state index in [2.05, 4.69) is 0 Å². The summed E-state index contributed by atoms with van der Waals surface area (Å²) in [7, 11) is 0. The highest BCUT2D eigenvalue weighted by Crippen LogP contribution is 2.35. The summed E-state index contributed by atoms with van der Waals surface area (Å²) in [4.78, 5) is 11.1. The summed E-state index contributed by atoms with van der Waals surface area (Å²) in [5, 5.41) is 0.534. The van der Waals surface area contributed by atoms with Gasteiger partial charge in [-0.15, -0.1) is 0 Å². The Morgan fingerprint density at radius 3 is 3.05 bits per heavy atom. The first-order valence-electron chi connectivity index (χ1n) is 6.84. The molecule has 2 heterocycles. The summed E-state index contributed by atoms with van der Waals surface area (Å²) >= 11 is 5.89. The van der Waals surface area contributed by atoms with Crippen LogP contribution in [0.5, 0.6) is 5.75 Å². The number of aldehydes is 1. The van der Waals surface area contributed by atoms with Crippen LogP contribution in [0.3, 0.4) is 0 Å². The fourth-order valence-electron chi connectivity index (χ4n) is 2.85. The molecule has 2 saturated heterocycles. The second-order valence-electron chi connectivity index (χ2n) is 5.37. The van der Waals surface area contributed by atoms with Crippen LogP contribution in [0.4, 0.5) is 0 Å². The lowest BCUT2D eigenvalue weighted by atomic mass is 9.91. The van der Waals surface area contributed by atoms with Gasteiger partial charge in [-0.25, -0.2) is 0 Å². The quantitative estimate of drug-likeness (QED) is 0.805. The second-order valence-corrected chi connectivity index (χ2v) is 5.80. The van der Waals surface area contributed by atoms with Crippen LogP contribution < -0.4 is 4.74 Å². The molecule has 1 aromatic carbocycles. The molecule has 5 heteroatoms. The zero-order chi connectivity index (χ0) is 14.0. The average molecular weight is 297 g/mol. The maximum atomic E-state index is 11.1. The van der Waals surface area contributed by atoms with Crippen molar-refractivity contribution in [2.45, 2.75) is 31.0 Å². The van der Waals surface area contributed by atoms with Crippen LogP contribution in [0, 0.1) is 0 Å². The molecular formula is C15H17ClO4. The smallest absolute Gasteiger partial charge is 0.153 e. The van der Waals surface area contributed by atoms with Crippen molar-refractivity contribution < 1.29 is 19.0 Å². The fourth-order valence-corrected chi connectivity index (χ4v) is 3.03. The van der Waals surface area contributed by atoms with E-state index in [-0.39, 0.29) is 11.7 Å². The molecule has 1 spiro atoms. The van der Waals surface area contributed by atoms with Gasteiger partial charge in [0, 0.05) is 30.9 Å². The number of hydrogen-bond acceptors (Lipinski definition) is 4. The summed E-state index contributed by atoms with van der Waals surface area (Å²) in [6.07, 6.45) is 3.35. The summed E-state index contributed by atoms with van der Waals surface area (Å²) in [6, 6.07) is 5.11. The molecule has 20 heavy (non-hydrogen) atoms. The Kier molecular flexibility index (Phi) is 3.96. The molecule has 2 aliphatic rings. The third-order valence-corrected chi connectivity index (χ3v) is 4.14.